The molecular weight excluding hydrogens is 458 g/mol. The smallest absolute Gasteiger partial charge is 0.243 e. The molecule has 0 bridgehead atoms. The zero-order valence-electron chi connectivity index (χ0n) is 21.3. The minimum atomic E-state index is -0.684. The predicted octanol–water partition coefficient (Wildman–Crippen LogP) is 5.72. The van der Waals surface area contributed by atoms with Crippen LogP contribution in [0.4, 0.5) is 0 Å². The van der Waals surface area contributed by atoms with Crippen LogP contribution in [0.2, 0.25) is 0 Å². The molecule has 1 aliphatic carbocycles. The van der Waals surface area contributed by atoms with Crippen LogP contribution in [0.15, 0.2) is 91.1 Å². The topological polar surface area (TPSA) is 74.0 Å². The summed E-state index contributed by atoms with van der Waals surface area (Å²) in [5, 5.41) is 7.52. The van der Waals surface area contributed by atoms with Crippen LogP contribution in [0.1, 0.15) is 55.2 Å². The van der Waals surface area contributed by atoms with Gasteiger partial charge in [-0.1, -0.05) is 98.6 Å². The third-order valence-electron chi connectivity index (χ3n) is 7.70. The fourth-order valence-electron chi connectivity index (χ4n) is 5.58. The van der Waals surface area contributed by atoms with Gasteiger partial charge in [0.05, 0.1) is 5.92 Å². The number of fused-ring (bicyclic) bond motifs is 1. The fourth-order valence-corrected chi connectivity index (χ4v) is 5.58. The lowest BCUT2D eigenvalue weighted by atomic mass is 9.85. The molecule has 5 nitrogen and oxygen atoms in total. The highest BCUT2D eigenvalue weighted by Gasteiger charge is 2.31. The van der Waals surface area contributed by atoms with E-state index < -0.39 is 12.0 Å². The van der Waals surface area contributed by atoms with E-state index in [-0.39, 0.29) is 17.9 Å². The number of para-hydroxylation sites is 1. The number of H-pyrrole nitrogens is 1. The average molecular weight is 494 g/mol. The summed E-state index contributed by atoms with van der Waals surface area (Å²) in [5.74, 6) is -0.357. The lowest BCUT2D eigenvalue weighted by Crippen LogP contribution is -2.53. The molecule has 190 valence electrons. The number of hydrogen-bond donors (Lipinski definition) is 3. The Labute approximate surface area is 218 Å². The summed E-state index contributed by atoms with van der Waals surface area (Å²) in [5.41, 5.74) is 3.84. The fraction of sp³-hybridized carbons (Fsp3) is 0.312. The van der Waals surface area contributed by atoms with Crippen molar-refractivity contribution < 1.29 is 9.59 Å². The summed E-state index contributed by atoms with van der Waals surface area (Å²) in [6, 6.07) is 27.1. The van der Waals surface area contributed by atoms with Crippen molar-refractivity contribution in [3.8, 4) is 0 Å². The summed E-state index contributed by atoms with van der Waals surface area (Å²) in [7, 11) is 0. The second-order valence-electron chi connectivity index (χ2n) is 10.3. The summed E-state index contributed by atoms with van der Waals surface area (Å²) >= 11 is 0. The third kappa shape index (κ3) is 5.77. The van der Waals surface area contributed by atoms with Crippen LogP contribution < -0.4 is 10.6 Å². The highest BCUT2D eigenvalue weighted by molar-refractivity contribution is 5.93. The summed E-state index contributed by atoms with van der Waals surface area (Å²) in [6.45, 7) is 2.21. The third-order valence-corrected chi connectivity index (χ3v) is 7.70. The van der Waals surface area contributed by atoms with Crippen LogP contribution in [0.3, 0.4) is 0 Å². The van der Waals surface area contributed by atoms with E-state index in [0.29, 0.717) is 12.3 Å². The van der Waals surface area contributed by atoms with Crippen LogP contribution in [-0.2, 0) is 16.0 Å². The van der Waals surface area contributed by atoms with Gasteiger partial charge in [0.15, 0.2) is 0 Å². The van der Waals surface area contributed by atoms with Gasteiger partial charge < -0.3 is 15.6 Å². The van der Waals surface area contributed by atoms with Gasteiger partial charge in [-0.2, -0.15) is 0 Å². The molecule has 2 amide bonds. The lowest BCUT2D eigenvalue weighted by molar-refractivity contribution is -0.130. The molecule has 1 aromatic heterocycles. The van der Waals surface area contributed by atoms with Crippen LogP contribution in [0.25, 0.3) is 10.9 Å². The van der Waals surface area contributed by atoms with E-state index in [9.17, 15) is 9.59 Å². The quantitative estimate of drug-likeness (QED) is 0.294. The van der Waals surface area contributed by atoms with Crippen LogP contribution in [-0.4, -0.2) is 28.9 Å². The molecule has 4 aromatic rings. The molecule has 37 heavy (non-hydrogen) atoms. The van der Waals surface area contributed by atoms with Gasteiger partial charge in [0, 0.05) is 29.6 Å². The Kier molecular flexibility index (Phi) is 7.69. The molecule has 3 atom stereocenters. The van der Waals surface area contributed by atoms with Crippen molar-refractivity contribution in [2.24, 2.45) is 5.92 Å². The lowest BCUT2D eigenvalue weighted by Gasteiger charge is -2.31. The van der Waals surface area contributed by atoms with Crippen molar-refractivity contribution in [1.29, 1.82) is 0 Å². The van der Waals surface area contributed by atoms with Gasteiger partial charge in [0.25, 0.3) is 0 Å². The Morgan fingerprint density at radius 1 is 0.838 bits per heavy atom. The Morgan fingerprint density at radius 2 is 1.46 bits per heavy atom. The first-order valence-electron chi connectivity index (χ1n) is 13.4. The largest absolute Gasteiger partial charge is 0.361 e. The standard InChI is InChI=1S/C32H35N3O2/c1-22-12-8-10-18-27(22)34-31(36)29(20-25-21-33-28-19-11-9-17-26(25)28)35-32(37)30(23-13-4-2-5-14-23)24-15-6-3-7-16-24/h2-7,9,11,13-17,19,21-22,27,29-30,33H,8,10,12,18,20H2,1H3,(H,34,36)(H,35,37)/t22?,27?,29-/m0/s1. The summed E-state index contributed by atoms with van der Waals surface area (Å²) in [6.07, 6.45) is 6.80. The Morgan fingerprint density at radius 3 is 2.14 bits per heavy atom. The van der Waals surface area contributed by atoms with Crippen molar-refractivity contribution >= 4 is 22.7 Å². The number of hydrogen-bond acceptors (Lipinski definition) is 2. The van der Waals surface area contributed by atoms with E-state index >= 15 is 0 Å². The number of carbonyl (C=O) groups is 2. The molecule has 1 saturated carbocycles. The maximum Gasteiger partial charge on any atom is 0.243 e. The van der Waals surface area contributed by atoms with Crippen LogP contribution >= 0.6 is 0 Å². The number of carbonyl (C=O) groups excluding carboxylic acids is 2. The summed E-state index contributed by atoms with van der Waals surface area (Å²) in [4.78, 5) is 30.9. The molecule has 0 saturated heterocycles. The van der Waals surface area contributed by atoms with Crippen molar-refractivity contribution in [2.75, 3.05) is 0 Å². The predicted molar refractivity (Wildman–Crippen MR) is 148 cm³/mol. The van der Waals surface area contributed by atoms with Crippen molar-refractivity contribution in [2.45, 2.75) is 57.0 Å². The second kappa shape index (κ2) is 11.5. The van der Waals surface area contributed by atoms with Crippen LogP contribution in [0.5, 0.6) is 0 Å². The molecule has 3 N–H and O–H groups in total. The monoisotopic (exact) mass is 493 g/mol. The van der Waals surface area contributed by atoms with Gasteiger partial charge in [-0.15, -0.1) is 0 Å². The minimum absolute atomic E-state index is 0.114. The highest BCUT2D eigenvalue weighted by Crippen LogP contribution is 2.27. The average Bonchev–Trinajstić information content (AvgIpc) is 3.34. The van der Waals surface area contributed by atoms with E-state index in [2.05, 4.69) is 28.6 Å². The molecule has 1 aliphatic rings. The molecule has 1 fully saturated rings. The van der Waals surface area contributed by atoms with Crippen molar-refractivity contribution in [3.63, 3.8) is 0 Å². The molecule has 1 heterocycles. The Hall–Kier alpha value is -3.86. The van der Waals surface area contributed by atoms with E-state index in [0.717, 1.165) is 46.9 Å². The van der Waals surface area contributed by atoms with E-state index in [1.165, 1.54) is 6.42 Å². The van der Waals surface area contributed by atoms with Crippen molar-refractivity contribution in [1.82, 2.24) is 15.6 Å². The second-order valence-corrected chi connectivity index (χ2v) is 10.3. The molecule has 5 heteroatoms. The number of amides is 2. The Balaban J connectivity index is 1.44. The first kappa shape index (κ1) is 24.8. The van der Waals surface area contributed by atoms with Crippen molar-refractivity contribution in [3.05, 3.63) is 108 Å². The zero-order valence-corrected chi connectivity index (χ0v) is 21.3. The zero-order chi connectivity index (χ0) is 25.6. The molecule has 0 aliphatic heterocycles. The first-order valence-corrected chi connectivity index (χ1v) is 13.4. The van der Waals surface area contributed by atoms with Gasteiger partial charge >= 0.3 is 0 Å². The maximum absolute atomic E-state index is 13.9. The molecule has 5 rings (SSSR count). The number of rotatable bonds is 8. The van der Waals surface area contributed by atoms with E-state index in [1.54, 1.807) is 0 Å². The Bertz CT molecular complexity index is 1290. The van der Waals surface area contributed by atoms with Gasteiger partial charge in [0.2, 0.25) is 11.8 Å². The van der Waals surface area contributed by atoms with E-state index in [1.807, 2.05) is 85.1 Å². The van der Waals surface area contributed by atoms with Gasteiger partial charge in [-0.3, -0.25) is 9.59 Å². The van der Waals surface area contributed by atoms with Crippen LogP contribution in [0, 0.1) is 5.92 Å². The molecule has 3 aromatic carbocycles. The number of benzene rings is 3. The highest BCUT2D eigenvalue weighted by atomic mass is 16.2. The van der Waals surface area contributed by atoms with Gasteiger partial charge in [0.1, 0.15) is 6.04 Å². The molecule has 0 radical (unpaired) electrons. The molecule has 0 spiro atoms. The first-order chi connectivity index (χ1) is 18.1. The molecular formula is C32H35N3O2. The number of aromatic nitrogens is 1. The number of aromatic amines is 1. The maximum atomic E-state index is 13.9. The van der Waals surface area contributed by atoms with Gasteiger partial charge in [-0.05, 0) is 41.5 Å². The minimum Gasteiger partial charge on any atom is -0.361 e. The van der Waals surface area contributed by atoms with Gasteiger partial charge in [-0.25, -0.2) is 0 Å². The summed E-state index contributed by atoms with van der Waals surface area (Å²) < 4.78 is 0. The molecule has 2 unspecified atom stereocenters. The SMILES string of the molecule is CC1CCCCC1NC(=O)[C@H](Cc1c[nH]c2ccccc12)NC(=O)C(c1ccccc1)c1ccccc1. The number of nitrogens with one attached hydrogen (secondary N) is 3. The van der Waals surface area contributed by atoms with E-state index in [4.69, 9.17) is 0 Å². The normalized spacial score (nSPS) is 18.4.